The highest BCUT2D eigenvalue weighted by atomic mass is 16.6. The van der Waals surface area contributed by atoms with E-state index in [4.69, 9.17) is 4.74 Å². The molecule has 1 amide bonds. The molecule has 0 aromatic heterocycles. The van der Waals surface area contributed by atoms with Gasteiger partial charge in [-0.1, -0.05) is 6.92 Å². The molecule has 4 heteroatoms. The highest BCUT2D eigenvalue weighted by molar-refractivity contribution is 5.83. The van der Waals surface area contributed by atoms with Gasteiger partial charge in [0.05, 0.1) is 0 Å². The summed E-state index contributed by atoms with van der Waals surface area (Å²) in [5, 5.41) is 0. The van der Waals surface area contributed by atoms with Gasteiger partial charge in [-0.25, -0.2) is 4.79 Å². The molecular formula is C11H19NO3. The Morgan fingerprint density at radius 3 is 2.53 bits per heavy atom. The zero-order chi connectivity index (χ0) is 11.6. The molecule has 1 aliphatic rings. The molecule has 0 aliphatic carbocycles. The number of likely N-dealkylation sites (tertiary alicyclic amines) is 1. The van der Waals surface area contributed by atoms with E-state index in [1.165, 1.54) is 0 Å². The fourth-order valence-corrected chi connectivity index (χ4v) is 1.51. The molecule has 0 bridgehead atoms. The average molecular weight is 213 g/mol. The first kappa shape index (κ1) is 12.0. The number of ether oxygens (including phenoxy) is 1. The molecule has 86 valence electrons. The molecule has 1 aliphatic heterocycles. The third-order valence-corrected chi connectivity index (χ3v) is 2.32. The number of hydrogen-bond donors (Lipinski definition) is 0. The third kappa shape index (κ3) is 3.53. The van der Waals surface area contributed by atoms with Crippen molar-refractivity contribution in [1.29, 1.82) is 0 Å². The van der Waals surface area contributed by atoms with Gasteiger partial charge >= 0.3 is 6.09 Å². The maximum atomic E-state index is 11.7. The summed E-state index contributed by atoms with van der Waals surface area (Å²) in [4.78, 5) is 24.5. The van der Waals surface area contributed by atoms with Crippen molar-refractivity contribution in [3.05, 3.63) is 0 Å². The largest absolute Gasteiger partial charge is 0.444 e. The minimum absolute atomic E-state index is 0.0636. The number of piperidine rings is 1. The summed E-state index contributed by atoms with van der Waals surface area (Å²) in [6, 6.07) is 0. The van der Waals surface area contributed by atoms with Crippen LogP contribution < -0.4 is 0 Å². The Hall–Kier alpha value is -1.06. The number of hydrogen-bond acceptors (Lipinski definition) is 3. The molecule has 1 fully saturated rings. The van der Waals surface area contributed by atoms with Crippen LogP contribution in [0.5, 0.6) is 0 Å². The van der Waals surface area contributed by atoms with Gasteiger partial charge in [-0.2, -0.15) is 0 Å². The van der Waals surface area contributed by atoms with Crippen LogP contribution in [-0.4, -0.2) is 35.5 Å². The van der Waals surface area contributed by atoms with E-state index in [-0.39, 0.29) is 17.8 Å². The van der Waals surface area contributed by atoms with Crippen molar-refractivity contribution in [2.45, 2.75) is 39.7 Å². The molecule has 1 saturated heterocycles. The van der Waals surface area contributed by atoms with Gasteiger partial charge in [0.2, 0.25) is 0 Å². The van der Waals surface area contributed by atoms with Gasteiger partial charge in [0.25, 0.3) is 0 Å². The highest BCUT2D eigenvalue weighted by Crippen LogP contribution is 2.16. The first-order chi connectivity index (χ1) is 6.79. The van der Waals surface area contributed by atoms with Crippen molar-refractivity contribution in [3.8, 4) is 0 Å². The smallest absolute Gasteiger partial charge is 0.410 e. The standard InChI is InChI=1S/C11H19NO3/c1-8-7-12(6-5-9(8)13)10(14)15-11(2,3)4/h8H,5-7H2,1-4H3/t8-/m1/s1. The van der Waals surface area contributed by atoms with E-state index in [9.17, 15) is 9.59 Å². The molecule has 0 saturated carbocycles. The molecule has 15 heavy (non-hydrogen) atoms. The van der Waals surface area contributed by atoms with Crippen molar-refractivity contribution in [3.63, 3.8) is 0 Å². The maximum Gasteiger partial charge on any atom is 0.410 e. The fourth-order valence-electron chi connectivity index (χ4n) is 1.51. The van der Waals surface area contributed by atoms with E-state index in [1.807, 2.05) is 27.7 Å². The summed E-state index contributed by atoms with van der Waals surface area (Å²) in [5.41, 5.74) is -0.470. The summed E-state index contributed by atoms with van der Waals surface area (Å²) in [6.07, 6.45) is 0.127. The first-order valence-electron chi connectivity index (χ1n) is 5.30. The van der Waals surface area contributed by atoms with Gasteiger partial charge in [-0.05, 0) is 20.8 Å². The number of amides is 1. The van der Waals surface area contributed by atoms with E-state index < -0.39 is 5.60 Å². The molecule has 0 spiro atoms. The lowest BCUT2D eigenvalue weighted by Gasteiger charge is -2.32. The molecule has 1 atom stereocenters. The highest BCUT2D eigenvalue weighted by Gasteiger charge is 2.29. The summed E-state index contributed by atoms with van der Waals surface area (Å²) < 4.78 is 5.24. The van der Waals surface area contributed by atoms with Gasteiger partial charge in [0.15, 0.2) is 0 Å². The van der Waals surface area contributed by atoms with Crippen LogP contribution in [-0.2, 0) is 9.53 Å². The Morgan fingerprint density at radius 2 is 2.07 bits per heavy atom. The van der Waals surface area contributed by atoms with E-state index in [0.717, 1.165) is 0 Å². The Labute approximate surface area is 90.6 Å². The van der Waals surface area contributed by atoms with Crippen molar-refractivity contribution in [1.82, 2.24) is 4.90 Å². The summed E-state index contributed by atoms with van der Waals surface area (Å²) in [7, 11) is 0. The lowest BCUT2D eigenvalue weighted by molar-refractivity contribution is -0.125. The molecular weight excluding hydrogens is 194 g/mol. The minimum Gasteiger partial charge on any atom is -0.444 e. The van der Waals surface area contributed by atoms with E-state index >= 15 is 0 Å². The average Bonchev–Trinajstić information content (AvgIpc) is 2.06. The number of Topliss-reactive ketones (excluding diaryl/α,β-unsaturated/α-hetero) is 1. The Bertz CT molecular complexity index is 267. The Morgan fingerprint density at radius 1 is 1.47 bits per heavy atom. The number of ketones is 1. The molecule has 0 aromatic rings. The van der Waals surface area contributed by atoms with Crippen LogP contribution in [0.3, 0.4) is 0 Å². The van der Waals surface area contributed by atoms with Gasteiger partial charge in [0.1, 0.15) is 11.4 Å². The van der Waals surface area contributed by atoms with Crippen molar-refractivity contribution in [2.75, 3.05) is 13.1 Å². The monoisotopic (exact) mass is 213 g/mol. The van der Waals surface area contributed by atoms with Crippen molar-refractivity contribution in [2.24, 2.45) is 5.92 Å². The molecule has 1 heterocycles. The second-order valence-electron chi connectivity index (χ2n) is 5.04. The topological polar surface area (TPSA) is 46.6 Å². The van der Waals surface area contributed by atoms with Crippen LogP contribution in [0.2, 0.25) is 0 Å². The normalized spacial score (nSPS) is 22.8. The Kier molecular flexibility index (Phi) is 3.37. The van der Waals surface area contributed by atoms with Crippen LogP contribution in [0.1, 0.15) is 34.1 Å². The second-order valence-corrected chi connectivity index (χ2v) is 5.04. The SMILES string of the molecule is C[C@@H]1CN(C(=O)OC(C)(C)C)CCC1=O. The van der Waals surface area contributed by atoms with Crippen molar-refractivity contribution < 1.29 is 14.3 Å². The molecule has 0 N–H and O–H groups in total. The molecule has 0 radical (unpaired) electrons. The Balaban J connectivity index is 2.51. The molecule has 4 nitrogen and oxygen atoms in total. The van der Waals surface area contributed by atoms with E-state index in [1.54, 1.807) is 4.90 Å². The predicted molar refractivity (Wildman–Crippen MR) is 56.6 cm³/mol. The number of nitrogens with zero attached hydrogens (tertiary/aromatic N) is 1. The molecule has 0 aromatic carbocycles. The summed E-state index contributed by atoms with van der Waals surface area (Å²) in [5.74, 6) is 0.168. The number of rotatable bonds is 0. The first-order valence-corrected chi connectivity index (χ1v) is 5.30. The number of carbonyl (C=O) groups excluding carboxylic acids is 2. The lowest BCUT2D eigenvalue weighted by Crippen LogP contribution is -2.45. The summed E-state index contributed by atoms with van der Waals surface area (Å²) in [6.45, 7) is 8.32. The van der Waals surface area contributed by atoms with Crippen LogP contribution in [0, 0.1) is 5.92 Å². The lowest BCUT2D eigenvalue weighted by atomic mass is 9.99. The second kappa shape index (κ2) is 4.21. The maximum absolute atomic E-state index is 11.7. The summed E-state index contributed by atoms with van der Waals surface area (Å²) >= 11 is 0. The number of carbonyl (C=O) groups is 2. The van der Waals surface area contributed by atoms with Gasteiger partial charge in [-0.3, -0.25) is 4.79 Å². The van der Waals surface area contributed by atoms with Gasteiger partial charge in [-0.15, -0.1) is 0 Å². The molecule has 1 rings (SSSR count). The van der Waals surface area contributed by atoms with Gasteiger partial charge < -0.3 is 9.64 Å². The zero-order valence-electron chi connectivity index (χ0n) is 9.87. The van der Waals surface area contributed by atoms with Crippen LogP contribution in [0.4, 0.5) is 4.79 Å². The minimum atomic E-state index is -0.470. The molecule has 0 unspecified atom stereocenters. The van der Waals surface area contributed by atoms with Crippen LogP contribution in [0.15, 0.2) is 0 Å². The quantitative estimate of drug-likeness (QED) is 0.616. The zero-order valence-corrected chi connectivity index (χ0v) is 9.87. The van der Waals surface area contributed by atoms with Gasteiger partial charge in [0, 0.05) is 25.4 Å². The van der Waals surface area contributed by atoms with E-state index in [2.05, 4.69) is 0 Å². The fraction of sp³-hybridized carbons (Fsp3) is 0.818. The predicted octanol–water partition coefficient (Wildman–Crippen LogP) is 1.83. The van der Waals surface area contributed by atoms with E-state index in [0.29, 0.717) is 19.5 Å². The third-order valence-electron chi connectivity index (χ3n) is 2.32. The van der Waals surface area contributed by atoms with Crippen LogP contribution in [0.25, 0.3) is 0 Å². The van der Waals surface area contributed by atoms with Crippen LogP contribution >= 0.6 is 0 Å². The van der Waals surface area contributed by atoms with Crippen molar-refractivity contribution >= 4 is 11.9 Å².